The van der Waals surface area contributed by atoms with Gasteiger partial charge in [0.2, 0.25) is 0 Å². The molecule has 0 aromatic rings. The van der Waals surface area contributed by atoms with Crippen LogP contribution in [0.4, 0.5) is 0 Å². The summed E-state index contributed by atoms with van der Waals surface area (Å²) in [7, 11) is 0. The normalized spacial score (nSPS) is 17.1. The van der Waals surface area contributed by atoms with E-state index < -0.39 is 0 Å². The molecule has 0 rings (SSSR count). The first-order chi connectivity index (χ1) is 4.31. The molecule has 0 saturated carbocycles. The van der Waals surface area contributed by atoms with Gasteiger partial charge in [-0.2, -0.15) is 0 Å². The molecule has 0 heteroatoms. The molecule has 0 amide bonds. The molecule has 0 aromatic carbocycles. The van der Waals surface area contributed by atoms with Gasteiger partial charge in [0.15, 0.2) is 0 Å². The second-order valence-corrected chi connectivity index (χ2v) is 1.44. The highest BCUT2D eigenvalue weighted by Gasteiger charge is 1.77. The second-order valence-electron chi connectivity index (χ2n) is 1.44. The van der Waals surface area contributed by atoms with E-state index in [1.165, 1.54) is 0 Å². The second kappa shape index (κ2) is 5.74. The van der Waals surface area contributed by atoms with E-state index in [0.717, 1.165) is 12.8 Å². The van der Waals surface area contributed by atoms with Gasteiger partial charge in [0.05, 0.1) is 0 Å². The lowest BCUT2D eigenvalue weighted by Crippen LogP contribution is -1.67. The van der Waals surface area contributed by atoms with Gasteiger partial charge in [0.1, 0.15) is 0 Å². The van der Waals surface area contributed by atoms with E-state index in [4.69, 9.17) is 2.74 Å². The summed E-state index contributed by atoms with van der Waals surface area (Å²) in [6, 6.07) is 0. The third-order valence-electron chi connectivity index (χ3n) is 0.779. The Hall–Kier alpha value is -0.260. The predicted octanol–water partition coefficient (Wildman–Crippen LogP) is 2.75. The summed E-state index contributed by atoms with van der Waals surface area (Å²) in [6.07, 6.45) is 4.26. The number of allylic oxidation sites excluding steroid dienone is 1. The minimum atomic E-state index is -0.0412. The summed E-state index contributed by atoms with van der Waals surface area (Å²) in [6.45, 7) is 3.94. The zero-order valence-electron chi connectivity index (χ0n) is 6.69. The van der Waals surface area contributed by atoms with Crippen LogP contribution >= 0.6 is 0 Å². The average molecular weight is 100 g/mol. The van der Waals surface area contributed by atoms with E-state index >= 15 is 0 Å². The quantitative estimate of drug-likeness (QED) is 0.476. The van der Waals surface area contributed by atoms with Gasteiger partial charge in [-0.05, 0) is 12.8 Å². The Morgan fingerprint density at radius 2 is 2.86 bits per heavy atom. The summed E-state index contributed by atoms with van der Waals surface area (Å²) in [5.41, 5.74) is 0. The average Bonchev–Trinajstić information content (AvgIpc) is 1.85. The van der Waals surface area contributed by atoms with Gasteiger partial charge in [-0.15, -0.1) is 6.58 Å². The Morgan fingerprint density at radius 3 is 3.43 bits per heavy atom. The Labute approximate surface area is 49.0 Å². The summed E-state index contributed by atoms with van der Waals surface area (Å²) in [5, 5.41) is 0. The maximum absolute atomic E-state index is 7.31. The molecule has 0 aliphatic carbocycles. The first-order valence-electron chi connectivity index (χ1n) is 3.92. The highest BCUT2D eigenvalue weighted by Crippen LogP contribution is 1.97. The number of hydrogen-bond acceptors (Lipinski definition) is 0. The molecule has 0 aliphatic heterocycles. The van der Waals surface area contributed by atoms with Crippen LogP contribution in [0.3, 0.4) is 0 Å². The molecule has 0 bridgehead atoms. The van der Waals surface area contributed by atoms with Crippen molar-refractivity contribution in [1.82, 2.24) is 0 Å². The minimum Gasteiger partial charge on any atom is -0.103 e. The van der Waals surface area contributed by atoms with E-state index in [0.29, 0.717) is 13.3 Å². The van der Waals surface area contributed by atoms with Gasteiger partial charge in [0.25, 0.3) is 0 Å². The zero-order chi connectivity index (χ0) is 7.11. The van der Waals surface area contributed by atoms with Gasteiger partial charge < -0.3 is 0 Å². The van der Waals surface area contributed by atoms with Crippen LogP contribution < -0.4 is 0 Å². The van der Waals surface area contributed by atoms with E-state index in [2.05, 4.69) is 6.58 Å². The van der Waals surface area contributed by atoms with Gasteiger partial charge >= 0.3 is 0 Å². The van der Waals surface area contributed by atoms with Crippen LogP contribution in [-0.2, 0) is 0 Å². The Balaban J connectivity index is 3.04. The van der Waals surface area contributed by atoms with E-state index in [1.54, 1.807) is 0 Å². The van der Waals surface area contributed by atoms with Gasteiger partial charge in [-0.1, -0.05) is 25.8 Å². The smallest absolute Gasteiger partial charge is 0.0267 e. The van der Waals surface area contributed by atoms with Crippen LogP contribution in [0.25, 0.3) is 0 Å². The Bertz CT molecular complexity index is 71.3. The molecule has 0 radical (unpaired) electrons. The first-order valence-corrected chi connectivity index (χ1v) is 2.63. The zero-order valence-corrected chi connectivity index (χ0v) is 4.69. The fraction of sp³-hybridized carbons (Fsp3) is 0.714. The predicted molar refractivity (Wildman–Crippen MR) is 34.3 cm³/mol. The fourth-order valence-electron chi connectivity index (χ4n) is 0.380. The molecule has 0 N–H and O–H groups in total. The molecule has 0 nitrogen and oxygen atoms in total. The number of hydrogen-bond donors (Lipinski definition) is 0. The Kier molecular flexibility index (Phi) is 3.04. The van der Waals surface area contributed by atoms with Gasteiger partial charge in [-0.3, -0.25) is 0 Å². The van der Waals surface area contributed by atoms with Crippen LogP contribution in [0.15, 0.2) is 12.7 Å². The first kappa shape index (κ1) is 3.71. The molecule has 0 saturated heterocycles. The van der Waals surface area contributed by atoms with Crippen molar-refractivity contribution in [1.29, 1.82) is 0 Å². The topological polar surface area (TPSA) is 0 Å². The monoisotopic (exact) mass is 100 g/mol. The molecule has 0 spiro atoms. The molecule has 7 heavy (non-hydrogen) atoms. The van der Waals surface area contributed by atoms with Crippen LogP contribution in [0, 0.1) is 0 Å². The van der Waals surface area contributed by atoms with Gasteiger partial charge in [0, 0.05) is 2.74 Å². The van der Waals surface area contributed by atoms with Crippen molar-refractivity contribution >= 4 is 0 Å². The van der Waals surface area contributed by atoms with Crippen molar-refractivity contribution in [2.45, 2.75) is 32.6 Å². The van der Waals surface area contributed by atoms with Crippen molar-refractivity contribution < 1.29 is 2.74 Å². The largest absolute Gasteiger partial charge is 0.103 e. The molecule has 1 unspecified atom stereocenters. The lowest BCUT2D eigenvalue weighted by molar-refractivity contribution is 0.730. The molecular formula is C7H14. The van der Waals surface area contributed by atoms with Crippen LogP contribution in [0.1, 0.15) is 35.3 Å². The maximum Gasteiger partial charge on any atom is 0.0267 e. The van der Waals surface area contributed by atoms with Crippen LogP contribution in [-0.4, -0.2) is 0 Å². The molecular weight excluding hydrogens is 84.1 g/mol. The van der Waals surface area contributed by atoms with Crippen molar-refractivity contribution in [3.8, 4) is 0 Å². The summed E-state index contributed by atoms with van der Waals surface area (Å²) in [4.78, 5) is 0. The standard InChI is InChI=1S/C7H14/c1-3-5-7-6-4-2/h3H,1,4-7H2,2H3/i2D,6D. The SMILES string of the molecule is [2H]CCC([2H])CCC=C. The highest BCUT2D eigenvalue weighted by atomic mass is 13.8. The highest BCUT2D eigenvalue weighted by molar-refractivity contribution is 4.64. The summed E-state index contributed by atoms with van der Waals surface area (Å²) >= 11 is 0. The minimum absolute atomic E-state index is 0.0412. The maximum atomic E-state index is 7.31. The fourth-order valence-corrected chi connectivity index (χ4v) is 0.380. The van der Waals surface area contributed by atoms with E-state index in [1.807, 2.05) is 6.08 Å². The van der Waals surface area contributed by atoms with E-state index in [-0.39, 0.29) is 6.40 Å². The lowest BCUT2D eigenvalue weighted by Gasteiger charge is -1.87. The van der Waals surface area contributed by atoms with Gasteiger partial charge in [-0.25, -0.2) is 0 Å². The lowest BCUT2D eigenvalue weighted by atomic mass is 10.2. The van der Waals surface area contributed by atoms with E-state index in [9.17, 15) is 0 Å². The third kappa shape index (κ3) is 5.74. The molecule has 0 aromatic heterocycles. The third-order valence-corrected chi connectivity index (χ3v) is 0.779. The van der Waals surface area contributed by atoms with Crippen molar-refractivity contribution in [3.63, 3.8) is 0 Å². The molecule has 0 fully saturated rings. The molecule has 0 heterocycles. The number of rotatable bonds is 4. The summed E-state index contributed by atoms with van der Waals surface area (Å²) < 4.78 is 14.1. The van der Waals surface area contributed by atoms with Crippen molar-refractivity contribution in [2.24, 2.45) is 0 Å². The van der Waals surface area contributed by atoms with Crippen LogP contribution in [0.2, 0.25) is 0 Å². The van der Waals surface area contributed by atoms with Crippen molar-refractivity contribution in [3.05, 3.63) is 12.7 Å². The van der Waals surface area contributed by atoms with Crippen molar-refractivity contribution in [2.75, 3.05) is 0 Å². The molecule has 1 atom stereocenters. The molecule has 0 aliphatic rings. The Morgan fingerprint density at radius 1 is 2.00 bits per heavy atom. The summed E-state index contributed by atoms with van der Waals surface area (Å²) in [5.74, 6) is 0. The van der Waals surface area contributed by atoms with Crippen LogP contribution in [0.5, 0.6) is 0 Å². The molecule has 42 valence electrons.